The number of hydrogen-bond acceptors (Lipinski definition) is 4. The molecule has 0 spiro atoms. The van der Waals surface area contributed by atoms with Crippen LogP contribution in [0.5, 0.6) is 0 Å². The fraction of sp³-hybridized carbons (Fsp3) is 0.357. The van der Waals surface area contributed by atoms with Gasteiger partial charge in [-0.1, -0.05) is 6.07 Å². The maximum absolute atomic E-state index is 12.6. The molecule has 1 rings (SSSR count). The Bertz CT molecular complexity index is 602. The minimum absolute atomic E-state index is 0.0753. The van der Waals surface area contributed by atoms with Crippen LogP contribution in [0.1, 0.15) is 29.3 Å². The summed E-state index contributed by atoms with van der Waals surface area (Å²) >= 11 is 0. The summed E-state index contributed by atoms with van der Waals surface area (Å²) in [7, 11) is 0. The van der Waals surface area contributed by atoms with Crippen LogP contribution >= 0.6 is 0 Å². The van der Waals surface area contributed by atoms with Gasteiger partial charge in [-0.2, -0.15) is 13.2 Å². The van der Waals surface area contributed by atoms with Gasteiger partial charge >= 0.3 is 12.1 Å². The van der Waals surface area contributed by atoms with Crippen molar-refractivity contribution in [3.63, 3.8) is 0 Å². The van der Waals surface area contributed by atoms with E-state index in [9.17, 15) is 27.6 Å². The molecule has 6 nitrogen and oxygen atoms in total. The van der Waals surface area contributed by atoms with Crippen LogP contribution in [0.3, 0.4) is 0 Å². The van der Waals surface area contributed by atoms with E-state index in [4.69, 9.17) is 5.73 Å². The monoisotopic (exact) mass is 332 g/mol. The van der Waals surface area contributed by atoms with Crippen LogP contribution < -0.4 is 11.1 Å². The van der Waals surface area contributed by atoms with Gasteiger partial charge in [-0.3, -0.25) is 14.4 Å². The summed E-state index contributed by atoms with van der Waals surface area (Å²) in [5, 5.41) is 2.12. The summed E-state index contributed by atoms with van der Waals surface area (Å²) < 4.78 is 42.5. The Labute approximate surface area is 129 Å². The molecule has 1 atom stereocenters. The van der Waals surface area contributed by atoms with Crippen LogP contribution in [0, 0.1) is 0 Å². The van der Waals surface area contributed by atoms with Gasteiger partial charge in [0.2, 0.25) is 5.91 Å². The zero-order valence-electron chi connectivity index (χ0n) is 12.1. The van der Waals surface area contributed by atoms with Gasteiger partial charge in [-0.05, 0) is 25.1 Å². The highest BCUT2D eigenvalue weighted by Gasteiger charge is 2.31. The molecule has 0 saturated carbocycles. The number of carbonyl (C=O) groups is 3. The van der Waals surface area contributed by atoms with Crippen LogP contribution in [-0.2, 0) is 20.5 Å². The molecule has 3 N–H and O–H groups in total. The predicted octanol–water partition coefficient (Wildman–Crippen LogP) is 1.24. The molecule has 0 radical (unpaired) electrons. The van der Waals surface area contributed by atoms with Crippen molar-refractivity contribution in [3.8, 4) is 0 Å². The fourth-order valence-corrected chi connectivity index (χ4v) is 1.69. The van der Waals surface area contributed by atoms with Gasteiger partial charge in [0.05, 0.1) is 18.6 Å². The largest absolute Gasteiger partial charge is 0.466 e. The Kier molecular flexibility index (Phi) is 6.11. The Morgan fingerprint density at radius 2 is 1.96 bits per heavy atom. The van der Waals surface area contributed by atoms with Crippen LogP contribution in [0.15, 0.2) is 24.3 Å². The van der Waals surface area contributed by atoms with E-state index in [1.165, 1.54) is 0 Å². The van der Waals surface area contributed by atoms with E-state index in [1.807, 2.05) is 0 Å². The minimum atomic E-state index is -4.61. The normalized spacial score (nSPS) is 12.3. The summed E-state index contributed by atoms with van der Waals surface area (Å²) in [4.78, 5) is 34.5. The molecule has 9 heteroatoms. The summed E-state index contributed by atoms with van der Waals surface area (Å²) in [5.41, 5.74) is 3.75. The fourth-order valence-electron chi connectivity index (χ4n) is 1.69. The number of alkyl halides is 3. The molecule has 0 aliphatic rings. The first-order valence-electron chi connectivity index (χ1n) is 6.58. The summed E-state index contributed by atoms with van der Waals surface area (Å²) in [5.74, 6) is -2.72. The maximum atomic E-state index is 12.6. The quantitative estimate of drug-likeness (QED) is 0.766. The standard InChI is InChI=1S/C14H15F3N2O4/c1-2-23-11(20)7-10(12(18)21)19-13(22)8-4-3-5-9(6-8)14(15,16)17/h3-6,10H,2,7H2,1H3,(H2,18,21)(H,19,22)/t10-/m1/s1. The SMILES string of the molecule is CCOC(=O)C[C@@H](NC(=O)c1cccc(C(F)(F)F)c1)C(N)=O. The second kappa shape index (κ2) is 7.61. The number of nitrogens with one attached hydrogen (secondary N) is 1. The third-order valence-corrected chi connectivity index (χ3v) is 2.78. The van der Waals surface area contributed by atoms with Crippen molar-refractivity contribution < 1.29 is 32.3 Å². The van der Waals surface area contributed by atoms with E-state index in [2.05, 4.69) is 10.1 Å². The zero-order chi connectivity index (χ0) is 17.6. The van der Waals surface area contributed by atoms with Crippen molar-refractivity contribution in [2.45, 2.75) is 25.6 Å². The molecule has 0 aliphatic carbocycles. The molecule has 0 aliphatic heterocycles. The molecule has 0 aromatic heterocycles. The van der Waals surface area contributed by atoms with Gasteiger partial charge < -0.3 is 15.8 Å². The average molecular weight is 332 g/mol. The zero-order valence-corrected chi connectivity index (χ0v) is 12.1. The number of hydrogen-bond donors (Lipinski definition) is 2. The number of amides is 2. The van der Waals surface area contributed by atoms with E-state index in [1.54, 1.807) is 6.92 Å². The first-order chi connectivity index (χ1) is 10.6. The molecule has 0 fully saturated rings. The Balaban J connectivity index is 2.87. The number of primary amides is 1. The third kappa shape index (κ3) is 5.61. The van der Waals surface area contributed by atoms with Crippen LogP contribution in [0.25, 0.3) is 0 Å². The highest BCUT2D eigenvalue weighted by atomic mass is 19.4. The van der Waals surface area contributed by atoms with E-state index in [0.717, 1.165) is 18.2 Å². The van der Waals surface area contributed by atoms with Crippen molar-refractivity contribution in [1.29, 1.82) is 0 Å². The molecule has 0 bridgehead atoms. The highest BCUT2D eigenvalue weighted by Crippen LogP contribution is 2.29. The molecular weight excluding hydrogens is 317 g/mol. The Morgan fingerprint density at radius 1 is 1.30 bits per heavy atom. The van der Waals surface area contributed by atoms with Gasteiger partial charge in [0.25, 0.3) is 5.91 Å². The molecule has 1 aromatic rings. The second-order valence-electron chi connectivity index (χ2n) is 4.52. The van der Waals surface area contributed by atoms with Gasteiger partial charge in [0.15, 0.2) is 0 Å². The smallest absolute Gasteiger partial charge is 0.416 e. The summed E-state index contributed by atoms with van der Waals surface area (Å²) in [6.45, 7) is 1.63. The van der Waals surface area contributed by atoms with Crippen LogP contribution in [0.4, 0.5) is 13.2 Å². The molecule has 23 heavy (non-hydrogen) atoms. The molecule has 2 amide bonds. The first kappa shape index (κ1) is 18.5. The number of nitrogens with two attached hydrogens (primary N) is 1. The van der Waals surface area contributed by atoms with Gasteiger partial charge in [-0.25, -0.2) is 0 Å². The van der Waals surface area contributed by atoms with Gasteiger partial charge in [0.1, 0.15) is 6.04 Å². The van der Waals surface area contributed by atoms with Gasteiger partial charge in [-0.15, -0.1) is 0 Å². The van der Waals surface area contributed by atoms with Crippen LogP contribution in [-0.4, -0.2) is 30.4 Å². The topological polar surface area (TPSA) is 98.5 Å². The lowest BCUT2D eigenvalue weighted by Gasteiger charge is -2.15. The number of halogens is 3. The number of rotatable bonds is 6. The highest BCUT2D eigenvalue weighted by molar-refractivity contribution is 5.98. The molecule has 0 unspecified atom stereocenters. The number of benzene rings is 1. The van der Waals surface area contributed by atoms with Crippen molar-refractivity contribution in [1.82, 2.24) is 5.32 Å². The predicted molar refractivity (Wildman–Crippen MR) is 73.1 cm³/mol. The van der Waals surface area contributed by atoms with Crippen molar-refractivity contribution in [2.24, 2.45) is 5.73 Å². The number of esters is 1. The lowest BCUT2D eigenvalue weighted by molar-refractivity contribution is -0.145. The second-order valence-corrected chi connectivity index (χ2v) is 4.52. The minimum Gasteiger partial charge on any atom is -0.466 e. The molecular formula is C14H15F3N2O4. The van der Waals surface area contributed by atoms with E-state index >= 15 is 0 Å². The third-order valence-electron chi connectivity index (χ3n) is 2.78. The molecule has 0 heterocycles. The molecule has 0 saturated heterocycles. The summed E-state index contributed by atoms with van der Waals surface area (Å²) in [6.07, 6.45) is -5.11. The van der Waals surface area contributed by atoms with E-state index in [-0.39, 0.29) is 12.2 Å². The van der Waals surface area contributed by atoms with E-state index in [0.29, 0.717) is 6.07 Å². The Hall–Kier alpha value is -2.58. The molecule has 1 aromatic carbocycles. The van der Waals surface area contributed by atoms with Crippen molar-refractivity contribution in [3.05, 3.63) is 35.4 Å². The van der Waals surface area contributed by atoms with Gasteiger partial charge in [0, 0.05) is 5.56 Å². The lowest BCUT2D eigenvalue weighted by atomic mass is 10.1. The summed E-state index contributed by atoms with van der Waals surface area (Å²) in [6, 6.07) is 2.27. The van der Waals surface area contributed by atoms with Crippen molar-refractivity contribution >= 4 is 17.8 Å². The number of ether oxygens (including phenoxy) is 1. The van der Waals surface area contributed by atoms with E-state index < -0.39 is 42.0 Å². The van der Waals surface area contributed by atoms with Crippen LogP contribution in [0.2, 0.25) is 0 Å². The maximum Gasteiger partial charge on any atom is 0.416 e. The number of carbonyl (C=O) groups excluding carboxylic acids is 3. The van der Waals surface area contributed by atoms with Crippen molar-refractivity contribution in [2.75, 3.05) is 6.61 Å². The molecule has 126 valence electrons. The average Bonchev–Trinajstić information content (AvgIpc) is 2.45. The Morgan fingerprint density at radius 3 is 2.48 bits per heavy atom. The lowest BCUT2D eigenvalue weighted by Crippen LogP contribution is -2.46. The first-order valence-corrected chi connectivity index (χ1v) is 6.58.